The van der Waals surface area contributed by atoms with E-state index in [4.69, 9.17) is 0 Å². The first-order valence-electron chi connectivity index (χ1n) is 7.25. The number of aromatic nitrogens is 2. The van der Waals surface area contributed by atoms with Crippen LogP contribution < -0.4 is 0 Å². The molecule has 2 saturated heterocycles. The highest BCUT2D eigenvalue weighted by molar-refractivity contribution is 5.93. The molecule has 0 spiro atoms. The summed E-state index contributed by atoms with van der Waals surface area (Å²) in [7, 11) is 2.10. The second-order valence-corrected chi connectivity index (χ2v) is 6.11. The molecule has 0 saturated carbocycles. The lowest BCUT2D eigenvalue weighted by molar-refractivity contribution is -0.0601. The number of carbonyl (C=O) groups is 1. The smallest absolute Gasteiger partial charge is 0.257 e. The minimum absolute atomic E-state index is 0.0276. The molecule has 6 nitrogen and oxygen atoms in total. The molecule has 3 heterocycles. The maximum Gasteiger partial charge on any atom is 0.257 e. The molecule has 1 aromatic rings. The SMILES string of the molecule is CN1CCC[C@]2(CO)CCN(C(=O)c3cn[nH]c3)C[C@@H]12. The van der Waals surface area contributed by atoms with Gasteiger partial charge in [-0.15, -0.1) is 0 Å². The van der Waals surface area contributed by atoms with Crippen LogP contribution in [0.25, 0.3) is 0 Å². The maximum atomic E-state index is 12.4. The number of likely N-dealkylation sites (tertiary alicyclic amines) is 2. The van der Waals surface area contributed by atoms with Crippen molar-refractivity contribution < 1.29 is 9.90 Å². The van der Waals surface area contributed by atoms with Crippen LogP contribution in [0, 0.1) is 5.41 Å². The molecule has 1 amide bonds. The zero-order valence-corrected chi connectivity index (χ0v) is 11.9. The third-order valence-electron chi connectivity index (χ3n) is 5.04. The lowest BCUT2D eigenvalue weighted by Gasteiger charge is -2.53. The largest absolute Gasteiger partial charge is 0.396 e. The van der Waals surface area contributed by atoms with Gasteiger partial charge in [-0.05, 0) is 32.9 Å². The first-order valence-corrected chi connectivity index (χ1v) is 7.25. The number of amides is 1. The Morgan fingerprint density at radius 3 is 3.10 bits per heavy atom. The van der Waals surface area contributed by atoms with Crippen molar-refractivity contribution in [2.24, 2.45) is 5.41 Å². The summed E-state index contributed by atoms with van der Waals surface area (Å²) in [6.45, 7) is 2.67. The van der Waals surface area contributed by atoms with Gasteiger partial charge in [0, 0.05) is 30.7 Å². The molecule has 1 aromatic heterocycles. The molecule has 0 aliphatic carbocycles. The predicted molar refractivity (Wildman–Crippen MR) is 74.3 cm³/mol. The number of carbonyl (C=O) groups excluding carboxylic acids is 1. The molecule has 2 fully saturated rings. The average Bonchev–Trinajstić information content (AvgIpc) is 3.01. The fourth-order valence-electron chi connectivity index (χ4n) is 3.75. The second-order valence-electron chi connectivity index (χ2n) is 6.11. The Morgan fingerprint density at radius 1 is 1.55 bits per heavy atom. The van der Waals surface area contributed by atoms with Crippen molar-refractivity contribution in [2.75, 3.05) is 33.3 Å². The number of aliphatic hydroxyl groups excluding tert-OH is 1. The molecular weight excluding hydrogens is 256 g/mol. The molecule has 3 rings (SSSR count). The maximum absolute atomic E-state index is 12.4. The van der Waals surface area contributed by atoms with Crippen LogP contribution in [0.1, 0.15) is 29.6 Å². The third kappa shape index (κ3) is 2.13. The van der Waals surface area contributed by atoms with Crippen molar-refractivity contribution >= 4 is 5.91 Å². The topological polar surface area (TPSA) is 72.5 Å². The number of fused-ring (bicyclic) bond motifs is 1. The Morgan fingerprint density at radius 2 is 2.40 bits per heavy atom. The number of rotatable bonds is 2. The quantitative estimate of drug-likeness (QED) is 0.817. The Balaban J connectivity index is 1.78. The first kappa shape index (κ1) is 13.6. The average molecular weight is 278 g/mol. The number of aliphatic hydroxyl groups is 1. The van der Waals surface area contributed by atoms with E-state index >= 15 is 0 Å². The first-order chi connectivity index (χ1) is 9.66. The Kier molecular flexibility index (Phi) is 3.52. The monoisotopic (exact) mass is 278 g/mol. The summed E-state index contributed by atoms with van der Waals surface area (Å²) in [6, 6.07) is 0.255. The van der Waals surface area contributed by atoms with Crippen LogP contribution in [0.3, 0.4) is 0 Å². The van der Waals surface area contributed by atoms with E-state index in [1.807, 2.05) is 4.90 Å². The van der Waals surface area contributed by atoms with Crippen LogP contribution >= 0.6 is 0 Å². The second kappa shape index (κ2) is 5.18. The number of nitrogens with one attached hydrogen (secondary N) is 1. The summed E-state index contributed by atoms with van der Waals surface area (Å²) in [5.74, 6) is 0.0317. The lowest BCUT2D eigenvalue weighted by atomic mass is 9.69. The van der Waals surface area contributed by atoms with Crippen LogP contribution in [0.15, 0.2) is 12.4 Å². The van der Waals surface area contributed by atoms with Gasteiger partial charge in [-0.1, -0.05) is 0 Å². The Labute approximate surface area is 118 Å². The van der Waals surface area contributed by atoms with Crippen molar-refractivity contribution in [3.8, 4) is 0 Å². The van der Waals surface area contributed by atoms with E-state index in [-0.39, 0.29) is 24.0 Å². The van der Waals surface area contributed by atoms with Crippen molar-refractivity contribution in [3.63, 3.8) is 0 Å². The minimum Gasteiger partial charge on any atom is -0.396 e. The molecule has 2 aliphatic heterocycles. The normalized spacial score (nSPS) is 31.1. The van der Waals surface area contributed by atoms with Gasteiger partial charge in [0.05, 0.1) is 18.4 Å². The summed E-state index contributed by atoms with van der Waals surface area (Å²) in [4.78, 5) is 16.6. The van der Waals surface area contributed by atoms with Gasteiger partial charge in [0.25, 0.3) is 5.91 Å². The van der Waals surface area contributed by atoms with E-state index in [2.05, 4.69) is 22.1 Å². The van der Waals surface area contributed by atoms with Crippen LogP contribution in [0.5, 0.6) is 0 Å². The highest BCUT2D eigenvalue weighted by Crippen LogP contribution is 2.41. The standard InChI is InChI=1S/C14H22N4O2/c1-17-5-2-3-14(10-19)4-6-18(9-12(14)17)13(20)11-7-15-16-8-11/h7-8,12,19H,2-6,9-10H2,1H3,(H,15,16)/t12-,14-/m1/s1. The number of aromatic amines is 1. The summed E-state index contributed by atoms with van der Waals surface area (Å²) in [5, 5.41) is 16.4. The van der Waals surface area contributed by atoms with Gasteiger partial charge in [-0.2, -0.15) is 5.10 Å². The van der Waals surface area contributed by atoms with E-state index in [1.165, 1.54) is 0 Å². The lowest BCUT2D eigenvalue weighted by Crippen LogP contribution is -2.62. The van der Waals surface area contributed by atoms with Crippen molar-refractivity contribution in [2.45, 2.75) is 25.3 Å². The number of H-pyrrole nitrogens is 1. The number of hydrogen-bond donors (Lipinski definition) is 2. The van der Waals surface area contributed by atoms with Gasteiger partial charge < -0.3 is 14.9 Å². The summed E-state index contributed by atoms with van der Waals surface area (Å²) < 4.78 is 0. The van der Waals surface area contributed by atoms with Gasteiger partial charge in [0.2, 0.25) is 0 Å². The van der Waals surface area contributed by atoms with Crippen LogP contribution in [0.4, 0.5) is 0 Å². The molecule has 0 aromatic carbocycles. The Bertz CT molecular complexity index is 476. The van der Waals surface area contributed by atoms with Crippen LogP contribution in [-0.2, 0) is 0 Å². The molecule has 6 heteroatoms. The predicted octanol–water partition coefficient (Wildman–Crippen LogP) is 0.328. The van der Waals surface area contributed by atoms with Gasteiger partial charge in [-0.3, -0.25) is 9.89 Å². The molecule has 2 atom stereocenters. The third-order valence-corrected chi connectivity index (χ3v) is 5.04. The fraction of sp³-hybridized carbons (Fsp3) is 0.714. The summed E-state index contributed by atoms with van der Waals surface area (Å²) in [6.07, 6.45) is 6.28. The van der Waals surface area contributed by atoms with Crippen LogP contribution in [-0.4, -0.2) is 70.3 Å². The van der Waals surface area contributed by atoms with Crippen molar-refractivity contribution in [3.05, 3.63) is 18.0 Å². The van der Waals surface area contributed by atoms with Gasteiger partial charge in [-0.25, -0.2) is 0 Å². The number of piperidine rings is 2. The number of likely N-dealkylation sites (N-methyl/N-ethyl adjacent to an activating group) is 1. The van der Waals surface area contributed by atoms with E-state index in [1.54, 1.807) is 12.4 Å². The van der Waals surface area contributed by atoms with E-state index in [0.29, 0.717) is 12.1 Å². The molecular formula is C14H22N4O2. The van der Waals surface area contributed by atoms with Gasteiger partial charge >= 0.3 is 0 Å². The van der Waals surface area contributed by atoms with E-state index in [9.17, 15) is 9.90 Å². The number of hydrogen-bond acceptors (Lipinski definition) is 4. The zero-order valence-electron chi connectivity index (χ0n) is 11.9. The van der Waals surface area contributed by atoms with Crippen LogP contribution in [0.2, 0.25) is 0 Å². The molecule has 110 valence electrons. The highest BCUT2D eigenvalue weighted by Gasteiger charge is 2.47. The van der Waals surface area contributed by atoms with Crippen molar-refractivity contribution in [1.29, 1.82) is 0 Å². The number of nitrogens with zero attached hydrogens (tertiary/aromatic N) is 3. The van der Waals surface area contributed by atoms with Gasteiger partial charge in [0.15, 0.2) is 0 Å². The van der Waals surface area contributed by atoms with Crippen molar-refractivity contribution in [1.82, 2.24) is 20.0 Å². The summed E-state index contributed by atoms with van der Waals surface area (Å²) in [5.41, 5.74) is 0.583. The zero-order chi connectivity index (χ0) is 14.2. The Hall–Kier alpha value is -1.40. The molecule has 0 bridgehead atoms. The van der Waals surface area contributed by atoms with E-state index < -0.39 is 0 Å². The van der Waals surface area contributed by atoms with E-state index in [0.717, 1.165) is 32.4 Å². The molecule has 2 N–H and O–H groups in total. The molecule has 2 aliphatic rings. The highest BCUT2D eigenvalue weighted by atomic mass is 16.3. The summed E-state index contributed by atoms with van der Waals surface area (Å²) >= 11 is 0. The fourth-order valence-corrected chi connectivity index (χ4v) is 3.75. The molecule has 0 unspecified atom stereocenters. The van der Waals surface area contributed by atoms with Gasteiger partial charge in [0.1, 0.15) is 0 Å². The minimum atomic E-state index is -0.0276. The molecule has 0 radical (unpaired) electrons. The molecule has 20 heavy (non-hydrogen) atoms.